The van der Waals surface area contributed by atoms with E-state index in [9.17, 15) is 18.0 Å². The van der Waals surface area contributed by atoms with Crippen LogP contribution in [0.2, 0.25) is 0 Å². The van der Waals surface area contributed by atoms with Crippen LogP contribution in [0.25, 0.3) is 0 Å². The Labute approximate surface area is 77.2 Å². The predicted octanol–water partition coefficient (Wildman–Crippen LogP) is 1.45. The molecule has 76 valence electrons. The van der Waals surface area contributed by atoms with Crippen LogP contribution in [0, 0.1) is 0 Å². The number of nitrogens with one attached hydrogen (secondary N) is 1. The maximum Gasteiger partial charge on any atom is 0.434 e. The molecule has 0 bridgehead atoms. The van der Waals surface area contributed by atoms with Crippen LogP contribution in [0.5, 0.6) is 0 Å². The molecule has 0 aliphatic rings. The minimum absolute atomic E-state index is 0.00880. The van der Waals surface area contributed by atoms with E-state index >= 15 is 0 Å². The summed E-state index contributed by atoms with van der Waals surface area (Å²) in [6.07, 6.45) is -3.10. The first-order chi connectivity index (χ1) is 6.39. The van der Waals surface area contributed by atoms with Crippen molar-refractivity contribution in [1.82, 2.24) is 9.97 Å². The fourth-order valence-electron chi connectivity index (χ4n) is 0.719. The average Bonchev–Trinajstić information content (AvgIpc) is 2.02. The normalized spacial score (nSPS) is 11.1. The number of alkyl halides is 3. The molecule has 0 fully saturated rings. The van der Waals surface area contributed by atoms with E-state index in [4.69, 9.17) is 0 Å². The Morgan fingerprint density at radius 2 is 2.00 bits per heavy atom. The molecule has 0 unspecified atom stereocenters. The van der Waals surface area contributed by atoms with Gasteiger partial charge < -0.3 is 5.32 Å². The van der Waals surface area contributed by atoms with Crippen molar-refractivity contribution < 1.29 is 18.0 Å². The number of carbonyl (C=O) groups excluding carboxylic acids is 1. The van der Waals surface area contributed by atoms with Gasteiger partial charge in [0.1, 0.15) is 0 Å². The van der Waals surface area contributed by atoms with Gasteiger partial charge in [-0.15, -0.1) is 0 Å². The molecule has 0 radical (unpaired) electrons. The summed E-state index contributed by atoms with van der Waals surface area (Å²) in [5.74, 6) is -0.426. The van der Waals surface area contributed by atoms with E-state index < -0.39 is 17.8 Å². The van der Waals surface area contributed by atoms with Crippen molar-refractivity contribution in [3.05, 3.63) is 18.1 Å². The summed E-state index contributed by atoms with van der Waals surface area (Å²) in [5.41, 5.74) is -1.09. The van der Waals surface area contributed by atoms with E-state index in [2.05, 4.69) is 15.3 Å². The second-order valence-corrected chi connectivity index (χ2v) is 2.47. The zero-order valence-electron chi connectivity index (χ0n) is 7.09. The van der Waals surface area contributed by atoms with E-state index in [0.29, 0.717) is 6.20 Å². The fraction of sp³-hybridized carbons (Fsp3) is 0.286. The van der Waals surface area contributed by atoms with Crippen LogP contribution < -0.4 is 5.32 Å². The molecule has 1 amide bonds. The molecule has 1 rings (SSSR count). The second-order valence-electron chi connectivity index (χ2n) is 2.47. The zero-order chi connectivity index (χ0) is 10.8. The monoisotopic (exact) mass is 205 g/mol. The average molecular weight is 205 g/mol. The highest BCUT2D eigenvalue weighted by Gasteiger charge is 2.32. The van der Waals surface area contributed by atoms with Gasteiger partial charge >= 0.3 is 6.18 Å². The first-order valence-electron chi connectivity index (χ1n) is 3.56. The highest BCUT2D eigenvalue weighted by atomic mass is 19.4. The van der Waals surface area contributed by atoms with Crippen molar-refractivity contribution in [3.8, 4) is 0 Å². The number of carbonyl (C=O) groups is 1. The van der Waals surface area contributed by atoms with Gasteiger partial charge in [-0.05, 0) is 0 Å². The molecular weight excluding hydrogens is 199 g/mol. The molecule has 14 heavy (non-hydrogen) atoms. The van der Waals surface area contributed by atoms with E-state index in [1.165, 1.54) is 6.92 Å². The second kappa shape index (κ2) is 3.60. The standard InChI is InChI=1S/C7H6F3N3O/c1-4(14)13-6-3-11-5(2-12-6)7(8,9)10/h2-3H,1H3,(H,12,13,14). The largest absolute Gasteiger partial charge is 0.434 e. The maximum absolute atomic E-state index is 12.0. The highest BCUT2D eigenvalue weighted by molar-refractivity contribution is 5.87. The lowest BCUT2D eigenvalue weighted by Crippen LogP contribution is -2.11. The summed E-state index contributed by atoms with van der Waals surface area (Å²) in [6, 6.07) is 0. The number of amides is 1. The molecule has 0 saturated carbocycles. The van der Waals surface area contributed by atoms with Gasteiger partial charge in [0, 0.05) is 6.92 Å². The zero-order valence-corrected chi connectivity index (χ0v) is 7.09. The molecule has 1 N–H and O–H groups in total. The van der Waals surface area contributed by atoms with Gasteiger partial charge in [-0.1, -0.05) is 0 Å². The summed E-state index contributed by atoms with van der Waals surface area (Å²) >= 11 is 0. The summed E-state index contributed by atoms with van der Waals surface area (Å²) < 4.78 is 36.0. The van der Waals surface area contributed by atoms with Crippen LogP contribution in [0.1, 0.15) is 12.6 Å². The summed E-state index contributed by atoms with van der Waals surface area (Å²) in [6.45, 7) is 1.22. The molecule has 1 aromatic heterocycles. The van der Waals surface area contributed by atoms with Gasteiger partial charge in [-0.25, -0.2) is 9.97 Å². The fourth-order valence-corrected chi connectivity index (χ4v) is 0.719. The third-order valence-corrected chi connectivity index (χ3v) is 1.25. The molecule has 4 nitrogen and oxygen atoms in total. The number of rotatable bonds is 1. The molecule has 1 aromatic rings. The Hall–Kier alpha value is -1.66. The van der Waals surface area contributed by atoms with Gasteiger partial charge in [-0.2, -0.15) is 13.2 Å². The summed E-state index contributed by atoms with van der Waals surface area (Å²) in [4.78, 5) is 17.0. The van der Waals surface area contributed by atoms with E-state index in [0.717, 1.165) is 6.20 Å². The molecule has 0 aromatic carbocycles. The minimum atomic E-state index is -4.51. The van der Waals surface area contributed by atoms with Crippen molar-refractivity contribution in [2.45, 2.75) is 13.1 Å². The first kappa shape index (κ1) is 10.4. The van der Waals surface area contributed by atoms with Crippen molar-refractivity contribution in [3.63, 3.8) is 0 Å². The minimum Gasteiger partial charge on any atom is -0.310 e. The lowest BCUT2D eigenvalue weighted by molar-refractivity contribution is -0.141. The van der Waals surface area contributed by atoms with Gasteiger partial charge in [0.25, 0.3) is 0 Å². The first-order valence-corrected chi connectivity index (χ1v) is 3.56. The Morgan fingerprint density at radius 3 is 2.36 bits per heavy atom. The van der Waals surface area contributed by atoms with Crippen LogP contribution in [-0.4, -0.2) is 15.9 Å². The van der Waals surface area contributed by atoms with Crippen LogP contribution in [0.15, 0.2) is 12.4 Å². The van der Waals surface area contributed by atoms with Gasteiger partial charge in [0.15, 0.2) is 11.5 Å². The Balaban J connectivity index is 2.84. The van der Waals surface area contributed by atoms with E-state index in [-0.39, 0.29) is 5.82 Å². The van der Waals surface area contributed by atoms with E-state index in [1.54, 1.807) is 0 Å². The molecule has 0 aliphatic carbocycles. The Bertz CT molecular complexity index is 333. The number of nitrogens with zero attached hydrogens (tertiary/aromatic N) is 2. The topological polar surface area (TPSA) is 54.9 Å². The maximum atomic E-state index is 12.0. The predicted molar refractivity (Wildman–Crippen MR) is 41.3 cm³/mol. The van der Waals surface area contributed by atoms with Gasteiger partial charge in [0.2, 0.25) is 5.91 Å². The van der Waals surface area contributed by atoms with E-state index in [1.807, 2.05) is 0 Å². The molecule has 0 saturated heterocycles. The Kier molecular flexibility index (Phi) is 2.68. The van der Waals surface area contributed by atoms with Crippen LogP contribution in [0.3, 0.4) is 0 Å². The smallest absolute Gasteiger partial charge is 0.310 e. The third kappa shape index (κ3) is 2.68. The van der Waals surface area contributed by atoms with Crippen molar-refractivity contribution in [2.24, 2.45) is 0 Å². The van der Waals surface area contributed by atoms with Gasteiger partial charge in [-0.3, -0.25) is 4.79 Å². The van der Waals surface area contributed by atoms with Crippen molar-refractivity contribution >= 4 is 11.7 Å². The summed E-state index contributed by atoms with van der Waals surface area (Å²) in [5, 5.41) is 2.20. The number of hydrogen-bond donors (Lipinski definition) is 1. The lowest BCUT2D eigenvalue weighted by atomic mass is 10.4. The Morgan fingerprint density at radius 1 is 1.36 bits per heavy atom. The molecule has 1 heterocycles. The van der Waals surface area contributed by atoms with Crippen LogP contribution in [0.4, 0.5) is 19.0 Å². The number of halogens is 3. The summed E-state index contributed by atoms with van der Waals surface area (Å²) in [7, 11) is 0. The quantitative estimate of drug-likeness (QED) is 0.754. The molecule has 0 spiro atoms. The van der Waals surface area contributed by atoms with Crippen LogP contribution >= 0.6 is 0 Å². The molecule has 0 atom stereocenters. The highest BCUT2D eigenvalue weighted by Crippen LogP contribution is 2.26. The van der Waals surface area contributed by atoms with Crippen molar-refractivity contribution in [1.29, 1.82) is 0 Å². The van der Waals surface area contributed by atoms with Crippen LogP contribution in [-0.2, 0) is 11.0 Å². The third-order valence-electron chi connectivity index (χ3n) is 1.25. The number of aromatic nitrogens is 2. The van der Waals surface area contributed by atoms with Gasteiger partial charge in [0.05, 0.1) is 12.4 Å². The molecular formula is C7H6F3N3O. The number of hydrogen-bond acceptors (Lipinski definition) is 3. The molecule has 0 aliphatic heterocycles. The lowest BCUT2D eigenvalue weighted by Gasteiger charge is -2.05. The number of anilines is 1. The SMILES string of the molecule is CC(=O)Nc1cnc(C(F)(F)F)cn1. The van der Waals surface area contributed by atoms with Crippen molar-refractivity contribution in [2.75, 3.05) is 5.32 Å². The molecule has 7 heteroatoms.